The molecule has 28 heavy (non-hydrogen) atoms. The lowest BCUT2D eigenvalue weighted by Crippen LogP contribution is -2.32. The summed E-state index contributed by atoms with van der Waals surface area (Å²) in [7, 11) is 0. The quantitative estimate of drug-likeness (QED) is 0.560. The van der Waals surface area contributed by atoms with Gasteiger partial charge in [0.1, 0.15) is 24.7 Å². The molecule has 2 heterocycles. The first kappa shape index (κ1) is 20.1. The van der Waals surface area contributed by atoms with Crippen LogP contribution in [0.5, 0.6) is 5.75 Å². The fraction of sp³-hybridized carbons (Fsp3) is 0.333. The Labute approximate surface area is 168 Å². The molecule has 0 atom stereocenters. The molecule has 5 nitrogen and oxygen atoms in total. The number of hydrogen-bond acceptors (Lipinski definition) is 3. The van der Waals surface area contributed by atoms with Crippen LogP contribution in [0, 0.1) is 0 Å². The summed E-state index contributed by atoms with van der Waals surface area (Å²) in [6.07, 6.45) is 2.00. The zero-order valence-electron chi connectivity index (χ0n) is 16.0. The number of aromatic nitrogens is 2. The Bertz CT molecular complexity index is 952. The molecule has 148 valence electrons. The number of imidazole rings is 1. The summed E-state index contributed by atoms with van der Waals surface area (Å²) < 4.78 is 19.5. The first-order chi connectivity index (χ1) is 13.6. The molecule has 1 amide bonds. The summed E-state index contributed by atoms with van der Waals surface area (Å²) in [4.78, 5) is 19.3. The van der Waals surface area contributed by atoms with Crippen LogP contribution < -0.4 is 4.74 Å². The van der Waals surface area contributed by atoms with E-state index >= 15 is 0 Å². The molecule has 0 saturated carbocycles. The zero-order chi connectivity index (χ0) is 20.1. The molecule has 0 spiro atoms. The summed E-state index contributed by atoms with van der Waals surface area (Å²) >= 11 is 6.18. The Morgan fingerprint density at radius 3 is 2.54 bits per heavy atom. The van der Waals surface area contributed by atoms with Crippen molar-refractivity contribution in [3.8, 4) is 17.0 Å². The Kier molecular flexibility index (Phi) is 6.52. The van der Waals surface area contributed by atoms with Gasteiger partial charge in [-0.1, -0.05) is 11.6 Å². The predicted octanol–water partition coefficient (Wildman–Crippen LogP) is 4.41. The average Bonchev–Trinajstić information content (AvgIpc) is 3.05. The molecule has 0 bridgehead atoms. The van der Waals surface area contributed by atoms with E-state index in [1.165, 1.54) is 0 Å². The van der Waals surface area contributed by atoms with Gasteiger partial charge in [0.15, 0.2) is 0 Å². The van der Waals surface area contributed by atoms with Gasteiger partial charge in [-0.05, 0) is 50.2 Å². The highest BCUT2D eigenvalue weighted by Gasteiger charge is 2.19. The largest absolute Gasteiger partial charge is 0.491 e. The Morgan fingerprint density at radius 2 is 1.89 bits per heavy atom. The van der Waals surface area contributed by atoms with Gasteiger partial charge in [0.25, 0.3) is 0 Å². The van der Waals surface area contributed by atoms with Crippen LogP contribution in [0.2, 0.25) is 5.02 Å². The molecular formula is C21H23ClFN3O2. The van der Waals surface area contributed by atoms with Crippen LogP contribution in [0.4, 0.5) is 4.39 Å². The number of hydrogen-bond donors (Lipinski definition) is 0. The van der Waals surface area contributed by atoms with Gasteiger partial charge in [0, 0.05) is 24.8 Å². The number of benzene rings is 1. The highest BCUT2D eigenvalue weighted by atomic mass is 35.5. The topological polar surface area (TPSA) is 46.8 Å². The number of likely N-dealkylation sites (N-methyl/N-ethyl adjacent to an activating group) is 1. The number of rotatable bonds is 8. The molecule has 3 rings (SSSR count). The number of nitrogens with zero attached hydrogens (tertiary/aromatic N) is 3. The third-order valence-electron chi connectivity index (χ3n) is 4.59. The number of ether oxygens (including phenoxy) is 1. The van der Waals surface area contributed by atoms with Crippen molar-refractivity contribution in [1.29, 1.82) is 0 Å². The minimum atomic E-state index is -0.535. The van der Waals surface area contributed by atoms with Gasteiger partial charge in [0.05, 0.1) is 22.8 Å². The Hall–Kier alpha value is -2.60. The van der Waals surface area contributed by atoms with E-state index in [0.29, 0.717) is 23.9 Å². The number of carbonyl (C=O) groups excluding carboxylic acids is 1. The van der Waals surface area contributed by atoms with Gasteiger partial charge in [-0.15, -0.1) is 0 Å². The van der Waals surface area contributed by atoms with E-state index in [9.17, 15) is 9.18 Å². The molecular weight excluding hydrogens is 380 g/mol. The van der Waals surface area contributed by atoms with Crippen LogP contribution >= 0.6 is 11.6 Å². The first-order valence-corrected chi connectivity index (χ1v) is 9.68. The minimum Gasteiger partial charge on any atom is -0.491 e. The molecule has 3 aromatic rings. The highest BCUT2D eigenvalue weighted by molar-refractivity contribution is 6.30. The van der Waals surface area contributed by atoms with Crippen molar-refractivity contribution < 1.29 is 13.9 Å². The standard InChI is InChI=1S/C21H23ClFN3O2/c1-3-25(4-2)20(27)13-18-21(24-19-10-7-16(22)14-26(18)19)15-5-8-17(9-6-15)28-12-11-23/h5-10,14H,3-4,11-13H2,1-2H3/i23-1. The van der Waals surface area contributed by atoms with Crippen molar-refractivity contribution in [2.24, 2.45) is 0 Å². The Balaban J connectivity index is 2.02. The summed E-state index contributed by atoms with van der Waals surface area (Å²) in [6, 6.07) is 10.9. The average molecular weight is 403 g/mol. The molecule has 0 N–H and O–H groups in total. The number of alkyl halides is 1. The molecule has 0 radical (unpaired) electrons. The van der Waals surface area contributed by atoms with E-state index in [4.69, 9.17) is 21.3 Å². The van der Waals surface area contributed by atoms with Crippen molar-refractivity contribution in [1.82, 2.24) is 14.3 Å². The first-order valence-electron chi connectivity index (χ1n) is 9.30. The third kappa shape index (κ3) is 4.28. The van der Waals surface area contributed by atoms with Gasteiger partial charge in [-0.2, -0.15) is 0 Å². The molecule has 0 unspecified atom stereocenters. The van der Waals surface area contributed by atoms with E-state index in [-0.39, 0.29) is 18.9 Å². The van der Waals surface area contributed by atoms with Gasteiger partial charge < -0.3 is 14.0 Å². The molecule has 0 saturated heterocycles. The Morgan fingerprint density at radius 1 is 1.18 bits per heavy atom. The lowest BCUT2D eigenvalue weighted by Gasteiger charge is -2.18. The smallest absolute Gasteiger partial charge is 0.228 e. The number of halogens is 2. The summed E-state index contributed by atoms with van der Waals surface area (Å²) in [6.45, 7) is 4.72. The van der Waals surface area contributed by atoms with E-state index in [1.54, 1.807) is 29.3 Å². The molecule has 0 aliphatic rings. The SMILES string of the molecule is CCN(CC)C(=O)Cc1c(-c2ccc(OCC[18F])cc2)nc2ccc(Cl)cn12. The number of carbonyl (C=O) groups is 1. The van der Waals surface area contributed by atoms with Crippen LogP contribution in [0.3, 0.4) is 0 Å². The lowest BCUT2D eigenvalue weighted by molar-refractivity contribution is -0.130. The highest BCUT2D eigenvalue weighted by Crippen LogP contribution is 2.28. The summed E-state index contributed by atoms with van der Waals surface area (Å²) in [5.74, 6) is 0.630. The van der Waals surface area contributed by atoms with Gasteiger partial charge in [-0.3, -0.25) is 4.79 Å². The molecule has 2 aromatic heterocycles. The number of fused-ring (bicyclic) bond motifs is 1. The maximum absolute atomic E-state index is 12.8. The number of amides is 1. The van der Waals surface area contributed by atoms with Crippen molar-refractivity contribution in [3.63, 3.8) is 0 Å². The van der Waals surface area contributed by atoms with Crippen LogP contribution in [-0.4, -0.2) is 46.6 Å². The normalized spacial score (nSPS) is 11.0. The van der Waals surface area contributed by atoms with Crippen LogP contribution in [-0.2, 0) is 11.2 Å². The third-order valence-corrected chi connectivity index (χ3v) is 4.81. The fourth-order valence-corrected chi connectivity index (χ4v) is 3.32. The molecule has 0 fully saturated rings. The molecule has 1 aromatic carbocycles. The van der Waals surface area contributed by atoms with Gasteiger partial charge >= 0.3 is 0 Å². The minimum absolute atomic E-state index is 0.0236. The molecule has 7 heteroatoms. The summed E-state index contributed by atoms with van der Waals surface area (Å²) in [5, 5.41) is 0.572. The maximum atomic E-state index is 12.8. The molecule has 0 aliphatic heterocycles. The monoisotopic (exact) mass is 402 g/mol. The van der Waals surface area contributed by atoms with Crippen LogP contribution in [0.15, 0.2) is 42.6 Å². The van der Waals surface area contributed by atoms with Crippen LogP contribution in [0.1, 0.15) is 19.5 Å². The van der Waals surface area contributed by atoms with E-state index in [1.807, 2.05) is 36.4 Å². The fourth-order valence-electron chi connectivity index (χ4n) is 3.16. The van der Waals surface area contributed by atoms with Crippen LogP contribution in [0.25, 0.3) is 16.9 Å². The second kappa shape index (κ2) is 9.06. The number of pyridine rings is 1. The van der Waals surface area contributed by atoms with Crippen molar-refractivity contribution in [3.05, 3.63) is 53.3 Å². The van der Waals surface area contributed by atoms with Gasteiger partial charge in [0.2, 0.25) is 5.91 Å². The second-order valence-electron chi connectivity index (χ2n) is 6.29. The van der Waals surface area contributed by atoms with Crippen molar-refractivity contribution in [2.75, 3.05) is 26.4 Å². The predicted molar refractivity (Wildman–Crippen MR) is 109 cm³/mol. The zero-order valence-corrected chi connectivity index (χ0v) is 16.7. The van der Waals surface area contributed by atoms with Crippen molar-refractivity contribution >= 4 is 23.2 Å². The molecule has 0 aliphatic carbocycles. The van der Waals surface area contributed by atoms with E-state index in [0.717, 1.165) is 22.6 Å². The van der Waals surface area contributed by atoms with E-state index < -0.39 is 6.67 Å². The lowest BCUT2D eigenvalue weighted by atomic mass is 10.1. The van der Waals surface area contributed by atoms with Crippen molar-refractivity contribution in [2.45, 2.75) is 20.3 Å². The summed E-state index contributed by atoms with van der Waals surface area (Å²) in [5.41, 5.74) is 3.08. The second-order valence-corrected chi connectivity index (χ2v) is 6.72. The van der Waals surface area contributed by atoms with Gasteiger partial charge in [-0.25, -0.2) is 9.37 Å². The maximum Gasteiger partial charge on any atom is 0.228 e. The van der Waals surface area contributed by atoms with E-state index in [2.05, 4.69) is 0 Å².